The Labute approximate surface area is 157 Å². The number of amides is 2. The molecule has 3 heterocycles. The van der Waals surface area contributed by atoms with E-state index in [0.29, 0.717) is 37.3 Å². The van der Waals surface area contributed by atoms with E-state index in [1.165, 1.54) is 23.6 Å². The molecule has 28 heavy (non-hydrogen) atoms. The van der Waals surface area contributed by atoms with Gasteiger partial charge in [-0.3, -0.25) is 9.36 Å². The van der Waals surface area contributed by atoms with Crippen molar-refractivity contribution in [3.8, 4) is 0 Å². The van der Waals surface area contributed by atoms with Crippen molar-refractivity contribution in [2.45, 2.75) is 0 Å². The van der Waals surface area contributed by atoms with Crippen LogP contribution in [-0.2, 0) is 4.74 Å². The van der Waals surface area contributed by atoms with Gasteiger partial charge in [-0.25, -0.2) is 23.5 Å². The number of carbonyl (C=O) groups excluding carboxylic acids is 2. The van der Waals surface area contributed by atoms with Crippen LogP contribution in [0.5, 0.6) is 0 Å². The van der Waals surface area contributed by atoms with E-state index in [4.69, 9.17) is 4.74 Å². The number of carbonyl (C=O) groups is 2. The molecular weight excluding hydrogens is 372 g/mol. The van der Waals surface area contributed by atoms with Gasteiger partial charge in [0, 0.05) is 36.4 Å². The standard InChI is InChI=1S/C18H15F2N5O3/c19-13-7-12(17(26)24-3-5-28-6-4-24)8-14(20)15(13)23-18(27)25-2-1-11-9-21-10-22-16(11)25/h1-2,7-10H,3-6H2,(H,23,27). The van der Waals surface area contributed by atoms with Gasteiger partial charge in [-0.15, -0.1) is 0 Å². The lowest BCUT2D eigenvalue weighted by molar-refractivity contribution is 0.0302. The molecule has 144 valence electrons. The lowest BCUT2D eigenvalue weighted by Crippen LogP contribution is -2.40. The van der Waals surface area contributed by atoms with E-state index in [-0.39, 0.29) is 5.56 Å². The van der Waals surface area contributed by atoms with Crippen LogP contribution in [0.1, 0.15) is 10.4 Å². The Kier molecular flexibility index (Phi) is 4.70. The first kappa shape index (κ1) is 18.0. The van der Waals surface area contributed by atoms with Crippen LogP contribution in [0, 0.1) is 11.6 Å². The van der Waals surface area contributed by atoms with Gasteiger partial charge in [0.2, 0.25) is 0 Å². The lowest BCUT2D eigenvalue weighted by atomic mass is 10.1. The minimum atomic E-state index is -1.05. The van der Waals surface area contributed by atoms with Crippen LogP contribution in [-0.4, -0.2) is 57.7 Å². The highest BCUT2D eigenvalue weighted by atomic mass is 19.1. The molecule has 0 unspecified atom stereocenters. The minimum Gasteiger partial charge on any atom is -0.378 e. The zero-order valence-corrected chi connectivity index (χ0v) is 14.6. The summed E-state index contributed by atoms with van der Waals surface area (Å²) in [6.45, 7) is 1.45. The number of hydrogen-bond donors (Lipinski definition) is 1. The van der Waals surface area contributed by atoms with Crippen LogP contribution in [0.3, 0.4) is 0 Å². The molecule has 0 bridgehead atoms. The molecule has 0 spiro atoms. The number of morpholine rings is 1. The van der Waals surface area contributed by atoms with E-state index in [2.05, 4.69) is 15.3 Å². The van der Waals surface area contributed by atoms with Gasteiger partial charge in [-0.2, -0.15) is 0 Å². The third kappa shape index (κ3) is 3.29. The number of rotatable bonds is 2. The summed E-state index contributed by atoms with van der Waals surface area (Å²) in [7, 11) is 0. The number of benzene rings is 1. The summed E-state index contributed by atoms with van der Waals surface area (Å²) in [5, 5.41) is 2.79. The van der Waals surface area contributed by atoms with E-state index in [1.54, 1.807) is 6.07 Å². The van der Waals surface area contributed by atoms with Gasteiger partial charge in [0.05, 0.1) is 13.2 Å². The molecule has 0 radical (unpaired) electrons. The van der Waals surface area contributed by atoms with Gasteiger partial charge < -0.3 is 15.0 Å². The fourth-order valence-electron chi connectivity index (χ4n) is 2.97. The highest BCUT2D eigenvalue weighted by Gasteiger charge is 2.23. The van der Waals surface area contributed by atoms with Gasteiger partial charge in [0.1, 0.15) is 12.0 Å². The summed E-state index contributed by atoms with van der Waals surface area (Å²) < 4.78 is 35.2. The van der Waals surface area contributed by atoms with Gasteiger partial charge in [-0.1, -0.05) is 0 Å². The fraction of sp³-hybridized carbons (Fsp3) is 0.222. The summed E-state index contributed by atoms with van der Waals surface area (Å²) in [4.78, 5) is 34.1. The Morgan fingerprint density at radius 2 is 1.86 bits per heavy atom. The maximum absolute atomic E-state index is 14.5. The number of nitrogens with one attached hydrogen (secondary N) is 1. The molecule has 1 N–H and O–H groups in total. The van der Waals surface area contributed by atoms with E-state index in [1.807, 2.05) is 0 Å². The summed E-state index contributed by atoms with van der Waals surface area (Å²) in [5.41, 5.74) is -0.471. The summed E-state index contributed by atoms with van der Waals surface area (Å²) in [6.07, 6.45) is 4.19. The normalized spacial score (nSPS) is 14.3. The Balaban J connectivity index is 1.58. The Morgan fingerprint density at radius 1 is 1.14 bits per heavy atom. The Bertz CT molecular complexity index is 1040. The maximum atomic E-state index is 14.5. The van der Waals surface area contributed by atoms with Gasteiger partial charge in [0.25, 0.3) is 5.91 Å². The molecule has 8 nitrogen and oxygen atoms in total. The average molecular weight is 387 g/mol. The van der Waals surface area contributed by atoms with E-state index >= 15 is 0 Å². The first-order valence-corrected chi connectivity index (χ1v) is 8.49. The van der Waals surface area contributed by atoms with Gasteiger partial charge in [0.15, 0.2) is 17.3 Å². The molecule has 1 fully saturated rings. The first-order chi connectivity index (χ1) is 13.5. The molecule has 1 aliphatic heterocycles. The third-order valence-electron chi connectivity index (χ3n) is 4.39. The van der Waals surface area contributed by atoms with Gasteiger partial charge in [-0.05, 0) is 18.2 Å². The zero-order valence-electron chi connectivity index (χ0n) is 14.6. The van der Waals surface area contributed by atoms with Crippen LogP contribution >= 0.6 is 0 Å². The molecule has 10 heteroatoms. The second-order valence-electron chi connectivity index (χ2n) is 6.14. The number of nitrogens with zero attached hydrogens (tertiary/aromatic N) is 4. The predicted molar refractivity (Wildman–Crippen MR) is 95.0 cm³/mol. The zero-order chi connectivity index (χ0) is 19.7. The topological polar surface area (TPSA) is 89.3 Å². The number of fused-ring (bicyclic) bond motifs is 1. The summed E-state index contributed by atoms with van der Waals surface area (Å²) >= 11 is 0. The summed E-state index contributed by atoms with van der Waals surface area (Å²) in [5.74, 6) is -2.58. The smallest absolute Gasteiger partial charge is 0.331 e. The largest absolute Gasteiger partial charge is 0.378 e. The highest BCUT2D eigenvalue weighted by molar-refractivity contribution is 5.98. The van der Waals surface area contributed by atoms with Crippen molar-refractivity contribution < 1.29 is 23.1 Å². The first-order valence-electron chi connectivity index (χ1n) is 8.49. The second kappa shape index (κ2) is 7.31. The van der Waals surface area contributed by atoms with E-state index in [0.717, 1.165) is 16.7 Å². The molecule has 1 saturated heterocycles. The SMILES string of the molecule is O=C(c1cc(F)c(NC(=O)n2ccc3cncnc32)c(F)c1)N1CCOCC1. The molecule has 3 aromatic rings. The van der Waals surface area contributed by atoms with Crippen LogP contribution in [0.2, 0.25) is 0 Å². The number of halogens is 2. The van der Waals surface area contributed by atoms with Crippen molar-refractivity contribution in [3.05, 3.63) is 54.1 Å². The maximum Gasteiger partial charge on any atom is 0.331 e. The van der Waals surface area contributed by atoms with Crippen molar-refractivity contribution in [1.82, 2.24) is 19.4 Å². The fourth-order valence-corrected chi connectivity index (χ4v) is 2.97. The molecule has 2 aromatic heterocycles. The number of anilines is 1. The number of aromatic nitrogens is 3. The number of ether oxygens (including phenoxy) is 1. The number of hydrogen-bond acceptors (Lipinski definition) is 5. The average Bonchev–Trinajstić information content (AvgIpc) is 3.15. The van der Waals surface area contributed by atoms with E-state index < -0.39 is 29.3 Å². The summed E-state index contributed by atoms with van der Waals surface area (Å²) in [6, 6.07) is 2.63. The van der Waals surface area contributed by atoms with Crippen LogP contribution in [0.15, 0.2) is 36.9 Å². The second-order valence-corrected chi connectivity index (χ2v) is 6.14. The van der Waals surface area contributed by atoms with E-state index in [9.17, 15) is 18.4 Å². The lowest BCUT2D eigenvalue weighted by Gasteiger charge is -2.27. The molecule has 4 rings (SSSR count). The van der Waals surface area contributed by atoms with Crippen molar-refractivity contribution >= 4 is 28.7 Å². The van der Waals surface area contributed by atoms with Gasteiger partial charge >= 0.3 is 6.03 Å². The van der Waals surface area contributed by atoms with Crippen LogP contribution in [0.4, 0.5) is 19.3 Å². The molecule has 1 aliphatic rings. The highest BCUT2D eigenvalue weighted by Crippen LogP contribution is 2.23. The quantitative estimate of drug-likeness (QED) is 0.729. The third-order valence-corrected chi connectivity index (χ3v) is 4.39. The monoisotopic (exact) mass is 387 g/mol. The predicted octanol–water partition coefficient (Wildman–Crippen LogP) is 2.26. The molecule has 0 saturated carbocycles. The van der Waals surface area contributed by atoms with Crippen molar-refractivity contribution in [3.63, 3.8) is 0 Å². The molecule has 2 amide bonds. The van der Waals surface area contributed by atoms with Crippen molar-refractivity contribution in [2.24, 2.45) is 0 Å². The molecular formula is C18H15F2N5O3. The molecule has 0 atom stereocenters. The Morgan fingerprint density at radius 3 is 2.57 bits per heavy atom. The minimum absolute atomic E-state index is 0.131. The Hall–Kier alpha value is -3.40. The van der Waals surface area contributed by atoms with Crippen LogP contribution in [0.25, 0.3) is 11.0 Å². The molecule has 1 aromatic carbocycles. The molecule has 0 aliphatic carbocycles. The van der Waals surface area contributed by atoms with Crippen molar-refractivity contribution in [1.29, 1.82) is 0 Å². The van der Waals surface area contributed by atoms with Crippen molar-refractivity contribution in [2.75, 3.05) is 31.6 Å². The van der Waals surface area contributed by atoms with Crippen LogP contribution < -0.4 is 5.32 Å².